The van der Waals surface area contributed by atoms with Gasteiger partial charge in [-0.2, -0.15) is 0 Å². The predicted octanol–water partition coefficient (Wildman–Crippen LogP) is 2.52. The number of nitrogens with zero attached hydrogens (tertiary/aromatic N) is 1. The van der Waals surface area contributed by atoms with Crippen LogP contribution in [0.25, 0.3) is 10.2 Å². The van der Waals surface area contributed by atoms with Gasteiger partial charge >= 0.3 is 0 Å². The molecule has 1 heterocycles. The molecule has 0 aliphatic carbocycles. The molecule has 0 saturated heterocycles. The average molecular weight is 237 g/mol. The normalized spacial score (nSPS) is 10.0. The zero-order valence-corrected chi connectivity index (χ0v) is 9.75. The van der Waals surface area contributed by atoms with E-state index in [4.69, 9.17) is 11.6 Å². The highest BCUT2D eigenvalue weighted by Gasteiger charge is 2.00. The summed E-state index contributed by atoms with van der Waals surface area (Å²) in [5.41, 5.74) is 1.93. The Morgan fingerprint density at radius 2 is 2.40 bits per heavy atom. The van der Waals surface area contributed by atoms with E-state index in [0.29, 0.717) is 11.0 Å². The van der Waals surface area contributed by atoms with Crippen LogP contribution in [0.3, 0.4) is 0 Å². The summed E-state index contributed by atoms with van der Waals surface area (Å²) in [6.45, 7) is 0.696. The Labute approximate surface area is 97.3 Å². The number of nitrogens with one attached hydrogen (secondary N) is 1. The van der Waals surface area contributed by atoms with Crippen molar-refractivity contribution in [3.05, 3.63) is 28.2 Å². The standard InChI is InChI=1S/C11H9ClN2S/c1-13-6-2-3-8-4-5-9-10(7-8)15-11(12)14-9/h4-5,7,13H,6H2,1H3. The number of halogens is 1. The minimum atomic E-state index is 0.574. The fraction of sp³-hybridized carbons (Fsp3) is 0.182. The minimum Gasteiger partial charge on any atom is -0.309 e. The minimum absolute atomic E-state index is 0.574. The highest BCUT2D eigenvalue weighted by molar-refractivity contribution is 7.22. The first-order chi connectivity index (χ1) is 7.29. The lowest BCUT2D eigenvalue weighted by atomic mass is 10.2. The number of rotatable bonds is 1. The molecule has 76 valence electrons. The van der Waals surface area contributed by atoms with E-state index in [0.717, 1.165) is 15.8 Å². The molecular weight excluding hydrogens is 228 g/mol. The van der Waals surface area contributed by atoms with Gasteiger partial charge in [0.15, 0.2) is 4.47 Å². The molecule has 2 aromatic rings. The summed E-state index contributed by atoms with van der Waals surface area (Å²) in [7, 11) is 1.88. The van der Waals surface area contributed by atoms with Crippen molar-refractivity contribution in [2.75, 3.05) is 13.6 Å². The Hall–Kier alpha value is -1.08. The van der Waals surface area contributed by atoms with Crippen LogP contribution in [0.15, 0.2) is 18.2 Å². The fourth-order valence-corrected chi connectivity index (χ4v) is 2.28. The Balaban J connectivity index is 2.35. The lowest BCUT2D eigenvalue weighted by Crippen LogP contribution is -2.04. The highest BCUT2D eigenvalue weighted by atomic mass is 35.5. The van der Waals surface area contributed by atoms with Crippen LogP contribution < -0.4 is 5.32 Å². The van der Waals surface area contributed by atoms with Crippen LogP contribution in [0, 0.1) is 11.8 Å². The number of aromatic nitrogens is 1. The van der Waals surface area contributed by atoms with Gasteiger partial charge in [-0.3, -0.25) is 0 Å². The third-order valence-electron chi connectivity index (χ3n) is 1.86. The van der Waals surface area contributed by atoms with Crippen LogP contribution in [0.4, 0.5) is 0 Å². The lowest BCUT2D eigenvalue weighted by Gasteiger charge is -1.90. The molecule has 0 radical (unpaired) electrons. The van der Waals surface area contributed by atoms with E-state index < -0.39 is 0 Å². The quantitative estimate of drug-likeness (QED) is 0.770. The number of hydrogen-bond acceptors (Lipinski definition) is 3. The maximum atomic E-state index is 5.82. The van der Waals surface area contributed by atoms with E-state index in [9.17, 15) is 0 Å². The van der Waals surface area contributed by atoms with Crippen LogP contribution in [0.5, 0.6) is 0 Å². The molecule has 0 saturated carbocycles. The Bertz CT molecular complexity index is 536. The molecule has 0 aliphatic heterocycles. The van der Waals surface area contributed by atoms with Crippen molar-refractivity contribution < 1.29 is 0 Å². The topological polar surface area (TPSA) is 24.9 Å². The molecular formula is C11H9ClN2S. The number of fused-ring (bicyclic) bond motifs is 1. The van der Waals surface area contributed by atoms with Crippen molar-refractivity contribution in [1.29, 1.82) is 0 Å². The highest BCUT2D eigenvalue weighted by Crippen LogP contribution is 2.25. The first-order valence-corrected chi connectivity index (χ1v) is 5.68. The van der Waals surface area contributed by atoms with Gasteiger partial charge in [-0.15, -0.1) is 11.3 Å². The maximum Gasteiger partial charge on any atom is 0.184 e. The van der Waals surface area contributed by atoms with E-state index in [1.165, 1.54) is 11.3 Å². The monoisotopic (exact) mass is 236 g/mol. The molecule has 0 atom stereocenters. The third kappa shape index (κ3) is 2.48. The second kappa shape index (κ2) is 4.63. The molecule has 1 N–H and O–H groups in total. The summed E-state index contributed by atoms with van der Waals surface area (Å²) in [6, 6.07) is 5.92. The van der Waals surface area contributed by atoms with E-state index in [1.54, 1.807) is 0 Å². The molecule has 15 heavy (non-hydrogen) atoms. The molecule has 0 amide bonds. The first-order valence-electron chi connectivity index (χ1n) is 4.49. The molecule has 4 heteroatoms. The van der Waals surface area contributed by atoms with Crippen molar-refractivity contribution in [3.8, 4) is 11.8 Å². The number of hydrogen-bond donors (Lipinski definition) is 1. The number of benzene rings is 1. The fourth-order valence-electron chi connectivity index (χ4n) is 1.21. The van der Waals surface area contributed by atoms with Crippen LogP contribution in [0.2, 0.25) is 4.47 Å². The van der Waals surface area contributed by atoms with Gasteiger partial charge in [0.2, 0.25) is 0 Å². The second-order valence-corrected chi connectivity index (χ2v) is 4.59. The summed E-state index contributed by atoms with van der Waals surface area (Å²) in [4.78, 5) is 4.17. The van der Waals surface area contributed by atoms with Crippen molar-refractivity contribution in [3.63, 3.8) is 0 Å². The molecule has 0 fully saturated rings. The Morgan fingerprint density at radius 1 is 1.53 bits per heavy atom. The van der Waals surface area contributed by atoms with Crippen LogP contribution in [-0.4, -0.2) is 18.6 Å². The summed E-state index contributed by atoms with van der Waals surface area (Å²) in [6.07, 6.45) is 0. The summed E-state index contributed by atoms with van der Waals surface area (Å²) >= 11 is 7.30. The average Bonchev–Trinajstić information content (AvgIpc) is 2.57. The van der Waals surface area contributed by atoms with Gasteiger partial charge in [-0.1, -0.05) is 23.4 Å². The number of thiazole rings is 1. The van der Waals surface area contributed by atoms with E-state index >= 15 is 0 Å². The smallest absolute Gasteiger partial charge is 0.184 e. The summed E-state index contributed by atoms with van der Waals surface area (Å²) in [5, 5.41) is 2.97. The Kier molecular flexibility index (Phi) is 3.22. The van der Waals surface area contributed by atoms with Crippen molar-refractivity contribution >= 4 is 33.2 Å². The van der Waals surface area contributed by atoms with Crippen molar-refractivity contribution in [1.82, 2.24) is 10.3 Å². The van der Waals surface area contributed by atoms with E-state index in [-0.39, 0.29) is 0 Å². The van der Waals surface area contributed by atoms with Crippen LogP contribution in [-0.2, 0) is 0 Å². The molecule has 2 nitrogen and oxygen atoms in total. The maximum absolute atomic E-state index is 5.82. The summed E-state index contributed by atoms with van der Waals surface area (Å²) in [5.74, 6) is 6.08. The first kappa shape index (κ1) is 10.4. The molecule has 1 aromatic carbocycles. The van der Waals surface area contributed by atoms with E-state index in [1.807, 2.05) is 25.2 Å². The second-order valence-electron chi connectivity index (χ2n) is 2.98. The van der Waals surface area contributed by atoms with Crippen molar-refractivity contribution in [2.45, 2.75) is 0 Å². The summed E-state index contributed by atoms with van der Waals surface area (Å²) < 4.78 is 1.65. The van der Waals surface area contributed by atoms with Gasteiger partial charge in [0.25, 0.3) is 0 Å². The SMILES string of the molecule is CNCC#Cc1ccc2nc(Cl)sc2c1. The molecule has 2 rings (SSSR count). The van der Waals surface area contributed by atoms with E-state index in [2.05, 4.69) is 22.1 Å². The molecule has 0 bridgehead atoms. The van der Waals surface area contributed by atoms with Crippen molar-refractivity contribution in [2.24, 2.45) is 0 Å². The van der Waals surface area contributed by atoms with Gasteiger partial charge < -0.3 is 5.32 Å². The van der Waals surface area contributed by atoms with Gasteiger partial charge in [-0.05, 0) is 25.2 Å². The molecule has 0 aliphatic rings. The zero-order valence-electron chi connectivity index (χ0n) is 8.17. The van der Waals surface area contributed by atoms with Gasteiger partial charge in [0.1, 0.15) is 0 Å². The van der Waals surface area contributed by atoms with Crippen LogP contribution >= 0.6 is 22.9 Å². The molecule has 0 unspecified atom stereocenters. The van der Waals surface area contributed by atoms with Gasteiger partial charge in [-0.25, -0.2) is 4.98 Å². The predicted molar refractivity (Wildman–Crippen MR) is 65.4 cm³/mol. The third-order valence-corrected chi connectivity index (χ3v) is 2.98. The Morgan fingerprint density at radius 3 is 3.20 bits per heavy atom. The largest absolute Gasteiger partial charge is 0.309 e. The van der Waals surface area contributed by atoms with Gasteiger partial charge in [0, 0.05) is 5.56 Å². The molecule has 0 spiro atoms. The van der Waals surface area contributed by atoms with Gasteiger partial charge in [0.05, 0.1) is 16.8 Å². The zero-order chi connectivity index (χ0) is 10.7. The molecule has 1 aromatic heterocycles. The van der Waals surface area contributed by atoms with Crippen LogP contribution in [0.1, 0.15) is 5.56 Å². The lowest BCUT2D eigenvalue weighted by molar-refractivity contribution is 0.938.